The molecule has 0 saturated carbocycles. The molecule has 0 saturated heterocycles. The molecule has 0 radical (unpaired) electrons. The fourth-order valence-corrected chi connectivity index (χ4v) is 2.16. The van der Waals surface area contributed by atoms with Crippen LogP contribution in [0.4, 0.5) is 0 Å². The summed E-state index contributed by atoms with van der Waals surface area (Å²) in [5, 5.41) is 3.21. The highest BCUT2D eigenvalue weighted by Crippen LogP contribution is 2.21. The molecule has 2 aromatic heterocycles. The third-order valence-electron chi connectivity index (χ3n) is 2.88. The summed E-state index contributed by atoms with van der Waals surface area (Å²) in [4.78, 5) is 15.9. The zero-order valence-corrected chi connectivity index (χ0v) is 11.8. The number of amides is 1. The smallest absolute Gasteiger partial charge is 0.251 e. The number of aryl methyl sites for hydroxylation is 2. The Kier molecular flexibility index (Phi) is 3.90. The number of rotatable bonds is 3. The second-order valence-corrected chi connectivity index (χ2v) is 4.82. The minimum Gasteiger partial charge on any atom is -0.466 e. The third kappa shape index (κ3) is 3.15. The summed E-state index contributed by atoms with van der Waals surface area (Å²) in [6.45, 7) is 5.68. The molecule has 1 atom stereocenters. The van der Waals surface area contributed by atoms with Crippen molar-refractivity contribution in [2.24, 2.45) is 0 Å². The number of aromatic nitrogens is 1. The quantitative estimate of drug-likeness (QED) is 0.875. The molecule has 100 valence electrons. The van der Waals surface area contributed by atoms with E-state index in [2.05, 4.69) is 10.3 Å². The van der Waals surface area contributed by atoms with Crippen molar-refractivity contribution in [3.8, 4) is 0 Å². The van der Waals surface area contributed by atoms with Crippen LogP contribution in [0.3, 0.4) is 0 Å². The van der Waals surface area contributed by atoms with Crippen LogP contribution in [0.2, 0.25) is 5.15 Å². The Hall–Kier alpha value is -1.81. The number of hydrogen-bond acceptors (Lipinski definition) is 3. The molecule has 0 aliphatic carbocycles. The Labute approximate surface area is 116 Å². The highest BCUT2D eigenvalue weighted by Gasteiger charge is 2.16. The van der Waals surface area contributed by atoms with Gasteiger partial charge < -0.3 is 9.73 Å². The van der Waals surface area contributed by atoms with Gasteiger partial charge in [0.15, 0.2) is 0 Å². The summed E-state index contributed by atoms with van der Waals surface area (Å²) in [6.07, 6.45) is 1.51. The normalized spacial score (nSPS) is 12.2. The van der Waals surface area contributed by atoms with Gasteiger partial charge in [-0.15, -0.1) is 0 Å². The van der Waals surface area contributed by atoms with Crippen molar-refractivity contribution in [1.29, 1.82) is 0 Å². The van der Waals surface area contributed by atoms with Gasteiger partial charge in [0, 0.05) is 17.3 Å². The van der Waals surface area contributed by atoms with Gasteiger partial charge in [0.25, 0.3) is 5.91 Å². The Morgan fingerprint density at radius 3 is 2.74 bits per heavy atom. The van der Waals surface area contributed by atoms with Crippen molar-refractivity contribution in [2.75, 3.05) is 0 Å². The number of furan rings is 1. The maximum atomic E-state index is 12.1. The van der Waals surface area contributed by atoms with Crippen LogP contribution in [0.25, 0.3) is 0 Å². The summed E-state index contributed by atoms with van der Waals surface area (Å²) in [7, 11) is 0. The van der Waals surface area contributed by atoms with E-state index >= 15 is 0 Å². The standard InChI is InChI=1S/C14H15ClN2O2/c1-8-6-12(10(3)19-8)9(2)17-14(18)11-4-5-16-13(15)7-11/h4-7,9H,1-3H3,(H,17,18). The van der Waals surface area contributed by atoms with E-state index in [1.807, 2.05) is 26.8 Å². The molecule has 1 unspecified atom stereocenters. The lowest BCUT2D eigenvalue weighted by atomic mass is 10.1. The van der Waals surface area contributed by atoms with E-state index < -0.39 is 0 Å². The van der Waals surface area contributed by atoms with Gasteiger partial charge in [0.05, 0.1) is 6.04 Å². The maximum absolute atomic E-state index is 12.1. The number of hydrogen-bond donors (Lipinski definition) is 1. The number of carbonyl (C=O) groups excluding carboxylic acids is 1. The third-order valence-corrected chi connectivity index (χ3v) is 3.09. The predicted molar refractivity (Wildman–Crippen MR) is 73.3 cm³/mol. The van der Waals surface area contributed by atoms with E-state index in [4.69, 9.17) is 16.0 Å². The van der Waals surface area contributed by atoms with Gasteiger partial charge >= 0.3 is 0 Å². The Bertz CT molecular complexity index is 607. The van der Waals surface area contributed by atoms with Gasteiger partial charge in [0.2, 0.25) is 0 Å². The molecule has 5 heteroatoms. The number of nitrogens with zero attached hydrogens (tertiary/aromatic N) is 1. The van der Waals surface area contributed by atoms with Crippen molar-refractivity contribution in [2.45, 2.75) is 26.8 Å². The number of pyridine rings is 1. The first kappa shape index (κ1) is 13.6. The highest BCUT2D eigenvalue weighted by molar-refractivity contribution is 6.29. The molecule has 0 fully saturated rings. The van der Waals surface area contributed by atoms with Crippen LogP contribution in [0.5, 0.6) is 0 Å². The van der Waals surface area contributed by atoms with E-state index in [-0.39, 0.29) is 11.9 Å². The summed E-state index contributed by atoms with van der Waals surface area (Å²) in [6, 6.07) is 4.97. The van der Waals surface area contributed by atoms with E-state index in [0.717, 1.165) is 17.1 Å². The van der Waals surface area contributed by atoms with Gasteiger partial charge in [-0.25, -0.2) is 4.98 Å². The van der Waals surface area contributed by atoms with E-state index in [0.29, 0.717) is 10.7 Å². The van der Waals surface area contributed by atoms with Crippen LogP contribution < -0.4 is 5.32 Å². The second-order valence-electron chi connectivity index (χ2n) is 4.43. The summed E-state index contributed by atoms with van der Waals surface area (Å²) < 4.78 is 5.46. The lowest BCUT2D eigenvalue weighted by Gasteiger charge is -2.13. The fourth-order valence-electron chi connectivity index (χ4n) is 1.98. The monoisotopic (exact) mass is 278 g/mol. The first-order valence-electron chi connectivity index (χ1n) is 5.96. The molecule has 19 heavy (non-hydrogen) atoms. The summed E-state index contributed by atoms with van der Waals surface area (Å²) in [5.41, 5.74) is 1.47. The molecule has 0 aromatic carbocycles. The summed E-state index contributed by atoms with van der Waals surface area (Å²) >= 11 is 5.76. The lowest BCUT2D eigenvalue weighted by Crippen LogP contribution is -2.26. The molecule has 0 aliphatic heterocycles. The van der Waals surface area contributed by atoms with Crippen LogP contribution in [-0.4, -0.2) is 10.9 Å². The molecule has 1 amide bonds. The van der Waals surface area contributed by atoms with Crippen LogP contribution in [-0.2, 0) is 0 Å². The molecule has 4 nitrogen and oxygen atoms in total. The van der Waals surface area contributed by atoms with Crippen molar-refractivity contribution in [3.63, 3.8) is 0 Å². The second kappa shape index (κ2) is 5.45. The minimum atomic E-state index is -0.185. The van der Waals surface area contributed by atoms with E-state index in [1.54, 1.807) is 6.07 Å². The Morgan fingerprint density at radius 2 is 2.16 bits per heavy atom. The molecule has 0 aliphatic rings. The summed E-state index contributed by atoms with van der Waals surface area (Å²) in [5.74, 6) is 1.47. The first-order chi connectivity index (χ1) is 8.97. The molecular weight excluding hydrogens is 264 g/mol. The molecule has 0 spiro atoms. The maximum Gasteiger partial charge on any atom is 0.251 e. The molecule has 2 aromatic rings. The largest absolute Gasteiger partial charge is 0.466 e. The molecule has 0 bridgehead atoms. The van der Waals surface area contributed by atoms with Crippen molar-refractivity contribution in [1.82, 2.24) is 10.3 Å². The van der Waals surface area contributed by atoms with E-state index in [1.165, 1.54) is 12.3 Å². The van der Waals surface area contributed by atoms with Gasteiger partial charge in [-0.05, 0) is 39.0 Å². The number of carbonyl (C=O) groups is 1. The van der Waals surface area contributed by atoms with Crippen LogP contribution in [0, 0.1) is 13.8 Å². The van der Waals surface area contributed by atoms with E-state index in [9.17, 15) is 4.79 Å². The Balaban J connectivity index is 2.13. The fraction of sp³-hybridized carbons (Fsp3) is 0.286. The number of halogens is 1. The van der Waals surface area contributed by atoms with Gasteiger partial charge in [0.1, 0.15) is 16.7 Å². The topological polar surface area (TPSA) is 55.1 Å². The van der Waals surface area contributed by atoms with Crippen molar-refractivity contribution >= 4 is 17.5 Å². The molecule has 1 N–H and O–H groups in total. The SMILES string of the molecule is Cc1cc(C(C)NC(=O)c2ccnc(Cl)c2)c(C)o1. The highest BCUT2D eigenvalue weighted by atomic mass is 35.5. The van der Waals surface area contributed by atoms with Gasteiger partial charge in [-0.1, -0.05) is 11.6 Å². The Morgan fingerprint density at radius 1 is 1.42 bits per heavy atom. The van der Waals surface area contributed by atoms with Crippen LogP contribution >= 0.6 is 11.6 Å². The minimum absolute atomic E-state index is 0.128. The van der Waals surface area contributed by atoms with Gasteiger partial charge in [-0.3, -0.25) is 4.79 Å². The average molecular weight is 279 g/mol. The van der Waals surface area contributed by atoms with Crippen LogP contribution in [0.15, 0.2) is 28.8 Å². The number of nitrogens with one attached hydrogen (secondary N) is 1. The first-order valence-corrected chi connectivity index (χ1v) is 6.34. The van der Waals surface area contributed by atoms with Crippen LogP contribution in [0.1, 0.15) is 40.4 Å². The molecule has 2 heterocycles. The predicted octanol–water partition coefficient (Wildman–Crippen LogP) is 3.44. The van der Waals surface area contributed by atoms with Crippen molar-refractivity contribution < 1.29 is 9.21 Å². The zero-order valence-electron chi connectivity index (χ0n) is 11.0. The molecule has 2 rings (SSSR count). The van der Waals surface area contributed by atoms with Crippen molar-refractivity contribution in [3.05, 3.63) is 52.2 Å². The zero-order chi connectivity index (χ0) is 14.0. The average Bonchev–Trinajstić information content (AvgIpc) is 2.68. The lowest BCUT2D eigenvalue weighted by molar-refractivity contribution is 0.0939. The van der Waals surface area contributed by atoms with Gasteiger partial charge in [-0.2, -0.15) is 0 Å². The molecular formula is C14H15ClN2O2.